The van der Waals surface area contributed by atoms with Crippen LogP contribution in [0.15, 0.2) is 29.1 Å². The second kappa shape index (κ2) is 8.08. The van der Waals surface area contributed by atoms with Gasteiger partial charge in [0.25, 0.3) is 0 Å². The molecule has 1 aliphatic rings. The molecule has 2 aromatic carbocycles. The molecule has 0 amide bonds. The summed E-state index contributed by atoms with van der Waals surface area (Å²) in [6.07, 6.45) is 3.43. The molecule has 164 valence electrons. The van der Waals surface area contributed by atoms with Crippen molar-refractivity contribution in [3.05, 3.63) is 72.2 Å². The molecule has 6 heteroatoms. The fourth-order valence-electron chi connectivity index (χ4n) is 4.54. The van der Waals surface area contributed by atoms with Gasteiger partial charge in [0.15, 0.2) is 0 Å². The molecule has 1 aliphatic carbocycles. The number of nitrogens with one attached hydrogen (secondary N) is 1. The highest BCUT2D eigenvalue weighted by atomic mass is 32.1. The first-order valence-corrected chi connectivity index (χ1v) is 11.4. The first kappa shape index (κ1) is 21.5. The molecule has 1 atom stereocenters. The van der Waals surface area contributed by atoms with Crippen LogP contribution in [0.3, 0.4) is 0 Å². The van der Waals surface area contributed by atoms with Gasteiger partial charge >= 0.3 is 4.87 Å². The number of phenolic OH excluding ortho intramolecular Hbond substituents is 1. The van der Waals surface area contributed by atoms with E-state index in [1.807, 2.05) is 38.1 Å². The van der Waals surface area contributed by atoms with Gasteiger partial charge in [-0.25, -0.2) is 0 Å². The Balaban J connectivity index is 1.44. The van der Waals surface area contributed by atoms with E-state index >= 15 is 0 Å². The third-order valence-electron chi connectivity index (χ3n) is 6.70. The monoisotopic (exact) mass is 439 g/mol. The van der Waals surface area contributed by atoms with Crippen LogP contribution in [0.5, 0.6) is 17.4 Å². The van der Waals surface area contributed by atoms with Crippen LogP contribution < -0.4 is 9.61 Å². The number of benzene rings is 2. The average molecular weight is 440 g/mol. The van der Waals surface area contributed by atoms with Crippen LogP contribution in [0, 0.1) is 26.2 Å². The van der Waals surface area contributed by atoms with E-state index in [1.165, 1.54) is 16.7 Å². The highest BCUT2D eigenvalue weighted by molar-refractivity contribution is 7.09. The van der Waals surface area contributed by atoms with Crippen LogP contribution in [0.4, 0.5) is 0 Å². The van der Waals surface area contributed by atoms with Crippen molar-refractivity contribution in [2.45, 2.75) is 53.4 Å². The molecule has 31 heavy (non-hydrogen) atoms. The summed E-state index contributed by atoms with van der Waals surface area (Å²) in [5.74, 6) is 1.21. The summed E-state index contributed by atoms with van der Waals surface area (Å²) in [6.45, 7) is 9.03. The topological polar surface area (TPSA) is 82.5 Å². The minimum absolute atomic E-state index is 0.0371. The molecule has 3 N–H and O–H groups in total. The van der Waals surface area contributed by atoms with E-state index in [9.17, 15) is 15.0 Å². The molecule has 4 rings (SSSR count). The molecule has 5 nitrogen and oxygen atoms in total. The lowest BCUT2D eigenvalue weighted by Crippen LogP contribution is -2.33. The summed E-state index contributed by atoms with van der Waals surface area (Å²) in [4.78, 5) is 14.1. The van der Waals surface area contributed by atoms with Crippen molar-refractivity contribution in [2.75, 3.05) is 6.61 Å². The standard InChI is InChI=1S/C25H29NO4S/c1-14-15(2)22(27)16(3)19-9-10-25(4,12-20(14)19)13-30-18-7-5-17(6-8-18)11-21-23(28)26-24(29)31-21/h5-8,27-28H,9-13H2,1-4H3,(H,26,29). The van der Waals surface area contributed by atoms with Gasteiger partial charge in [0, 0.05) is 11.8 Å². The Morgan fingerprint density at radius 2 is 1.77 bits per heavy atom. The number of fused-ring (bicyclic) bond motifs is 1. The Morgan fingerprint density at radius 1 is 1.06 bits per heavy atom. The lowest BCUT2D eigenvalue weighted by atomic mass is 9.70. The molecule has 0 aliphatic heterocycles. The molecule has 0 spiro atoms. The van der Waals surface area contributed by atoms with Crippen molar-refractivity contribution in [1.29, 1.82) is 0 Å². The number of aromatic nitrogens is 1. The van der Waals surface area contributed by atoms with Gasteiger partial charge in [-0.15, -0.1) is 0 Å². The third-order valence-corrected chi connectivity index (χ3v) is 7.57. The highest BCUT2D eigenvalue weighted by Crippen LogP contribution is 2.42. The Kier molecular flexibility index (Phi) is 5.60. The van der Waals surface area contributed by atoms with Crippen LogP contribution in [0.2, 0.25) is 0 Å². The maximum absolute atomic E-state index is 11.3. The first-order chi connectivity index (χ1) is 14.7. The molecule has 0 fully saturated rings. The van der Waals surface area contributed by atoms with Crippen LogP contribution in [0.25, 0.3) is 0 Å². The van der Waals surface area contributed by atoms with E-state index in [-0.39, 0.29) is 16.2 Å². The molecule has 0 saturated heterocycles. The zero-order valence-corrected chi connectivity index (χ0v) is 19.3. The fourth-order valence-corrected chi connectivity index (χ4v) is 5.30. The second-order valence-electron chi connectivity index (χ2n) is 9.06. The van der Waals surface area contributed by atoms with Crippen molar-refractivity contribution < 1.29 is 14.9 Å². The smallest absolute Gasteiger partial charge is 0.307 e. The van der Waals surface area contributed by atoms with E-state index in [0.717, 1.165) is 53.0 Å². The van der Waals surface area contributed by atoms with E-state index in [2.05, 4.69) is 18.8 Å². The first-order valence-electron chi connectivity index (χ1n) is 10.6. The minimum atomic E-state index is -0.245. The molecule has 0 bridgehead atoms. The molecule has 1 unspecified atom stereocenters. The molecular formula is C25H29NO4S. The van der Waals surface area contributed by atoms with E-state index < -0.39 is 0 Å². The summed E-state index contributed by atoms with van der Waals surface area (Å²) < 4.78 is 6.17. The lowest BCUT2D eigenvalue weighted by molar-refractivity contribution is 0.144. The van der Waals surface area contributed by atoms with Crippen LogP contribution in [-0.2, 0) is 19.3 Å². The van der Waals surface area contributed by atoms with Gasteiger partial charge in [-0.05, 0) is 85.5 Å². The van der Waals surface area contributed by atoms with Gasteiger partial charge in [-0.3, -0.25) is 9.78 Å². The molecule has 3 aromatic rings. The van der Waals surface area contributed by atoms with Gasteiger partial charge in [0.1, 0.15) is 11.5 Å². The zero-order chi connectivity index (χ0) is 22.3. The van der Waals surface area contributed by atoms with E-state index in [0.29, 0.717) is 23.7 Å². The quantitative estimate of drug-likeness (QED) is 0.526. The Labute approximate surface area is 186 Å². The van der Waals surface area contributed by atoms with Gasteiger partial charge in [-0.2, -0.15) is 0 Å². The number of aromatic hydroxyl groups is 2. The number of hydrogen-bond donors (Lipinski definition) is 3. The lowest BCUT2D eigenvalue weighted by Gasteiger charge is -2.37. The number of H-pyrrole nitrogens is 1. The average Bonchev–Trinajstić information content (AvgIpc) is 3.06. The fraction of sp³-hybridized carbons (Fsp3) is 0.400. The van der Waals surface area contributed by atoms with Gasteiger partial charge in [0.2, 0.25) is 5.88 Å². The number of hydrogen-bond acceptors (Lipinski definition) is 5. The van der Waals surface area contributed by atoms with E-state index in [4.69, 9.17) is 4.74 Å². The zero-order valence-electron chi connectivity index (χ0n) is 18.5. The Bertz CT molecular complexity index is 1180. The van der Waals surface area contributed by atoms with Gasteiger partial charge < -0.3 is 14.9 Å². The number of aromatic amines is 1. The maximum atomic E-state index is 11.3. The third kappa shape index (κ3) is 4.22. The van der Waals surface area contributed by atoms with Crippen molar-refractivity contribution in [3.63, 3.8) is 0 Å². The molecular weight excluding hydrogens is 410 g/mol. The second-order valence-corrected chi connectivity index (χ2v) is 10.1. The molecule has 1 aromatic heterocycles. The Hall–Kier alpha value is -2.73. The summed E-state index contributed by atoms with van der Waals surface area (Å²) in [5, 5.41) is 20.2. The van der Waals surface area contributed by atoms with E-state index in [1.54, 1.807) is 0 Å². The number of phenols is 1. The van der Waals surface area contributed by atoms with Crippen LogP contribution >= 0.6 is 11.3 Å². The number of ether oxygens (including phenoxy) is 1. The van der Waals surface area contributed by atoms with Crippen molar-refractivity contribution >= 4 is 11.3 Å². The predicted octanol–water partition coefficient (Wildman–Crippen LogP) is 4.94. The minimum Gasteiger partial charge on any atom is -0.507 e. The van der Waals surface area contributed by atoms with Gasteiger partial charge in [0.05, 0.1) is 11.5 Å². The maximum Gasteiger partial charge on any atom is 0.307 e. The summed E-state index contributed by atoms with van der Waals surface area (Å²) in [6, 6.07) is 7.83. The molecule has 0 saturated carbocycles. The van der Waals surface area contributed by atoms with Crippen molar-refractivity contribution in [2.24, 2.45) is 5.41 Å². The normalized spacial score (nSPS) is 18.1. The van der Waals surface area contributed by atoms with Crippen LogP contribution in [-0.4, -0.2) is 21.8 Å². The summed E-state index contributed by atoms with van der Waals surface area (Å²) in [7, 11) is 0. The largest absolute Gasteiger partial charge is 0.507 e. The highest BCUT2D eigenvalue weighted by Gasteiger charge is 2.33. The number of thiazole rings is 1. The summed E-state index contributed by atoms with van der Waals surface area (Å²) in [5.41, 5.74) is 6.92. The van der Waals surface area contributed by atoms with Gasteiger partial charge in [-0.1, -0.05) is 30.4 Å². The van der Waals surface area contributed by atoms with Crippen molar-refractivity contribution in [3.8, 4) is 17.4 Å². The molecule has 1 heterocycles. The summed E-state index contributed by atoms with van der Waals surface area (Å²) >= 11 is 1.03. The predicted molar refractivity (Wildman–Crippen MR) is 124 cm³/mol. The Morgan fingerprint density at radius 3 is 2.42 bits per heavy atom. The molecule has 0 radical (unpaired) electrons. The number of rotatable bonds is 5. The van der Waals surface area contributed by atoms with Crippen LogP contribution in [0.1, 0.15) is 51.6 Å². The van der Waals surface area contributed by atoms with Crippen molar-refractivity contribution in [1.82, 2.24) is 4.98 Å². The SMILES string of the molecule is Cc1c(C)c2c(c(C)c1O)CCC(C)(COc1ccc(Cc3sc(=O)[nH]c3O)cc1)C2.